The van der Waals surface area contributed by atoms with Crippen LogP contribution in [0.2, 0.25) is 0 Å². The van der Waals surface area contributed by atoms with E-state index in [-0.39, 0.29) is 11.4 Å². The van der Waals surface area contributed by atoms with E-state index in [1.165, 1.54) is 17.3 Å². The number of benzene rings is 1. The number of thioether (sulfide) groups is 1. The molecular formula is C13H17N3OS. The number of allylic oxidation sites excluding steroid dienone is 1. The summed E-state index contributed by atoms with van der Waals surface area (Å²) in [6, 6.07) is 10.2. The molecule has 96 valence electrons. The topological polar surface area (TPSA) is 58.4 Å². The molecule has 18 heavy (non-hydrogen) atoms. The summed E-state index contributed by atoms with van der Waals surface area (Å²) in [5.74, 6) is -0.353. The minimum absolute atomic E-state index is 0.0627. The van der Waals surface area contributed by atoms with Crippen LogP contribution in [0.5, 0.6) is 0 Å². The van der Waals surface area contributed by atoms with Gasteiger partial charge in [0.25, 0.3) is 5.91 Å². The standard InChI is InChI=1S/C13H17N3OS/c1-9-11(12(14)17)18-13(15-2)16(9)8-10-6-4-3-5-7-10/h3-7,13,15H,8H2,1-2H3,(H2,14,17). The zero-order valence-electron chi connectivity index (χ0n) is 10.5. The second kappa shape index (κ2) is 5.46. The quantitative estimate of drug-likeness (QED) is 0.863. The number of nitrogens with two attached hydrogens (primary N) is 1. The molecule has 1 unspecified atom stereocenters. The van der Waals surface area contributed by atoms with Crippen molar-refractivity contribution in [1.29, 1.82) is 0 Å². The van der Waals surface area contributed by atoms with Crippen LogP contribution in [-0.4, -0.2) is 23.4 Å². The van der Waals surface area contributed by atoms with Crippen molar-refractivity contribution in [3.8, 4) is 0 Å². The fraction of sp³-hybridized carbons (Fsp3) is 0.308. The van der Waals surface area contributed by atoms with Crippen molar-refractivity contribution < 1.29 is 4.79 Å². The summed E-state index contributed by atoms with van der Waals surface area (Å²) in [4.78, 5) is 14.2. The van der Waals surface area contributed by atoms with Gasteiger partial charge >= 0.3 is 0 Å². The third-order valence-corrected chi connectivity index (χ3v) is 4.38. The van der Waals surface area contributed by atoms with E-state index in [1.807, 2.05) is 32.2 Å². The molecule has 0 spiro atoms. The third kappa shape index (κ3) is 2.52. The molecule has 0 bridgehead atoms. The van der Waals surface area contributed by atoms with Gasteiger partial charge in [0.2, 0.25) is 0 Å². The predicted octanol–water partition coefficient (Wildman–Crippen LogP) is 1.46. The Bertz CT molecular complexity index is 472. The van der Waals surface area contributed by atoms with E-state index in [4.69, 9.17) is 5.73 Å². The van der Waals surface area contributed by atoms with E-state index in [2.05, 4.69) is 22.3 Å². The number of rotatable bonds is 4. The Kier molecular flexibility index (Phi) is 3.93. The normalized spacial score (nSPS) is 19.4. The van der Waals surface area contributed by atoms with E-state index < -0.39 is 0 Å². The largest absolute Gasteiger partial charge is 0.365 e. The molecule has 0 radical (unpaired) electrons. The molecule has 0 aromatic heterocycles. The van der Waals surface area contributed by atoms with Crippen molar-refractivity contribution in [2.75, 3.05) is 7.05 Å². The summed E-state index contributed by atoms with van der Waals surface area (Å²) >= 11 is 1.47. The van der Waals surface area contributed by atoms with Gasteiger partial charge < -0.3 is 10.6 Å². The molecule has 4 nitrogen and oxygen atoms in total. The van der Waals surface area contributed by atoms with Gasteiger partial charge in [-0.15, -0.1) is 0 Å². The molecule has 2 rings (SSSR count). The first-order valence-corrected chi connectivity index (χ1v) is 6.66. The van der Waals surface area contributed by atoms with Crippen molar-refractivity contribution in [1.82, 2.24) is 10.2 Å². The van der Waals surface area contributed by atoms with Gasteiger partial charge in [-0.3, -0.25) is 10.1 Å². The maximum atomic E-state index is 11.4. The predicted molar refractivity (Wildman–Crippen MR) is 74.3 cm³/mol. The number of carbonyl (C=O) groups excluding carboxylic acids is 1. The Hall–Kier alpha value is -1.46. The van der Waals surface area contributed by atoms with E-state index in [0.29, 0.717) is 4.91 Å². The zero-order valence-corrected chi connectivity index (χ0v) is 11.3. The third-order valence-electron chi connectivity index (χ3n) is 2.94. The minimum Gasteiger partial charge on any atom is -0.365 e. The molecule has 3 N–H and O–H groups in total. The smallest absolute Gasteiger partial charge is 0.257 e. The lowest BCUT2D eigenvalue weighted by atomic mass is 10.2. The Morgan fingerprint density at radius 2 is 2.11 bits per heavy atom. The molecule has 0 fully saturated rings. The van der Waals surface area contributed by atoms with E-state index in [9.17, 15) is 4.79 Å². The van der Waals surface area contributed by atoms with Gasteiger partial charge in [0, 0.05) is 12.2 Å². The number of nitrogens with one attached hydrogen (secondary N) is 1. The van der Waals surface area contributed by atoms with Crippen molar-refractivity contribution in [3.63, 3.8) is 0 Å². The van der Waals surface area contributed by atoms with Gasteiger partial charge in [-0.1, -0.05) is 42.1 Å². The lowest BCUT2D eigenvalue weighted by Crippen LogP contribution is -2.36. The molecule has 5 heteroatoms. The van der Waals surface area contributed by atoms with Gasteiger partial charge in [-0.2, -0.15) is 0 Å². The maximum absolute atomic E-state index is 11.4. The molecule has 1 atom stereocenters. The molecule has 0 saturated heterocycles. The highest BCUT2D eigenvalue weighted by Crippen LogP contribution is 2.37. The zero-order chi connectivity index (χ0) is 13.1. The van der Waals surface area contributed by atoms with Crippen LogP contribution in [0.1, 0.15) is 12.5 Å². The Morgan fingerprint density at radius 3 is 2.67 bits per heavy atom. The molecule has 1 aromatic rings. The van der Waals surface area contributed by atoms with E-state index in [1.54, 1.807) is 0 Å². The molecule has 1 heterocycles. The van der Waals surface area contributed by atoms with Gasteiger partial charge in [0.1, 0.15) is 5.50 Å². The van der Waals surface area contributed by atoms with Gasteiger partial charge in [0.05, 0.1) is 4.91 Å². The molecule has 1 aliphatic rings. The fourth-order valence-corrected chi connectivity index (χ4v) is 3.10. The fourth-order valence-electron chi connectivity index (χ4n) is 2.00. The van der Waals surface area contributed by atoms with Crippen LogP contribution >= 0.6 is 11.8 Å². The van der Waals surface area contributed by atoms with Crippen molar-refractivity contribution in [2.45, 2.75) is 19.0 Å². The first-order chi connectivity index (χ1) is 8.63. The first-order valence-electron chi connectivity index (χ1n) is 5.78. The number of amides is 1. The molecule has 1 aliphatic heterocycles. The monoisotopic (exact) mass is 263 g/mol. The van der Waals surface area contributed by atoms with Crippen LogP contribution in [0.4, 0.5) is 0 Å². The van der Waals surface area contributed by atoms with Gasteiger partial charge in [-0.05, 0) is 19.5 Å². The van der Waals surface area contributed by atoms with Gasteiger partial charge in [0.15, 0.2) is 0 Å². The summed E-state index contributed by atoms with van der Waals surface area (Å²) < 4.78 is 0. The highest BCUT2D eigenvalue weighted by Gasteiger charge is 2.31. The number of hydrogen-bond donors (Lipinski definition) is 2. The van der Waals surface area contributed by atoms with Gasteiger partial charge in [-0.25, -0.2) is 0 Å². The summed E-state index contributed by atoms with van der Waals surface area (Å²) in [5.41, 5.74) is 7.60. The SMILES string of the molecule is CNC1SC(C(N)=O)=C(C)N1Cc1ccccc1. The highest BCUT2D eigenvalue weighted by atomic mass is 32.2. The number of hydrogen-bond acceptors (Lipinski definition) is 4. The van der Waals surface area contributed by atoms with Crippen LogP contribution in [-0.2, 0) is 11.3 Å². The van der Waals surface area contributed by atoms with Crippen LogP contribution in [0.25, 0.3) is 0 Å². The second-order valence-electron chi connectivity index (χ2n) is 4.15. The van der Waals surface area contributed by atoms with Crippen molar-refractivity contribution >= 4 is 17.7 Å². The summed E-state index contributed by atoms with van der Waals surface area (Å²) in [6.45, 7) is 2.70. The highest BCUT2D eigenvalue weighted by molar-refractivity contribution is 8.04. The Balaban J connectivity index is 2.22. The molecule has 0 aliphatic carbocycles. The lowest BCUT2D eigenvalue weighted by Gasteiger charge is -2.27. The summed E-state index contributed by atoms with van der Waals surface area (Å²) in [5, 5.41) is 3.19. The van der Waals surface area contributed by atoms with E-state index in [0.717, 1.165) is 12.2 Å². The maximum Gasteiger partial charge on any atom is 0.257 e. The van der Waals surface area contributed by atoms with Crippen LogP contribution < -0.4 is 11.1 Å². The van der Waals surface area contributed by atoms with Crippen LogP contribution in [0.3, 0.4) is 0 Å². The molecule has 1 amide bonds. The van der Waals surface area contributed by atoms with Crippen LogP contribution in [0.15, 0.2) is 40.9 Å². The number of carbonyl (C=O) groups is 1. The number of primary amides is 1. The van der Waals surface area contributed by atoms with Crippen molar-refractivity contribution in [2.24, 2.45) is 5.73 Å². The average molecular weight is 263 g/mol. The summed E-state index contributed by atoms with van der Waals surface area (Å²) in [7, 11) is 1.88. The lowest BCUT2D eigenvalue weighted by molar-refractivity contribution is -0.114. The molecular weight excluding hydrogens is 246 g/mol. The minimum atomic E-state index is -0.353. The Morgan fingerprint density at radius 1 is 1.44 bits per heavy atom. The number of nitrogens with zero attached hydrogens (tertiary/aromatic N) is 1. The summed E-state index contributed by atoms with van der Waals surface area (Å²) in [6.07, 6.45) is 0. The molecule has 1 aromatic carbocycles. The molecule has 0 saturated carbocycles. The van der Waals surface area contributed by atoms with Crippen LogP contribution in [0, 0.1) is 0 Å². The first kappa shape index (κ1) is 13.0. The van der Waals surface area contributed by atoms with E-state index >= 15 is 0 Å². The Labute approximate surface area is 111 Å². The van der Waals surface area contributed by atoms with Crippen molar-refractivity contribution in [3.05, 3.63) is 46.5 Å². The second-order valence-corrected chi connectivity index (χ2v) is 5.24. The average Bonchev–Trinajstić information content (AvgIpc) is 2.68.